The minimum Gasteiger partial charge on any atom is -0.351 e. The molecule has 6 nitrogen and oxygen atoms in total. The molecule has 1 aromatic heterocycles. The fraction of sp³-hybridized carbons (Fsp3) is 0.476. The van der Waals surface area contributed by atoms with E-state index in [1.165, 1.54) is 0 Å². The van der Waals surface area contributed by atoms with E-state index in [2.05, 4.69) is 25.3 Å². The Morgan fingerprint density at radius 3 is 2.75 bits per heavy atom. The van der Waals surface area contributed by atoms with Gasteiger partial charge in [0.1, 0.15) is 0 Å². The average molecular weight is 402 g/mol. The van der Waals surface area contributed by atoms with Crippen LogP contribution in [0.5, 0.6) is 0 Å². The summed E-state index contributed by atoms with van der Waals surface area (Å²) in [4.78, 5) is 17.2. The monoisotopic (exact) mass is 401 g/mol. The maximum Gasteiger partial charge on any atom is 0.237 e. The highest BCUT2D eigenvalue weighted by Crippen LogP contribution is 2.24. The second-order valence-electron chi connectivity index (χ2n) is 7.47. The summed E-state index contributed by atoms with van der Waals surface area (Å²) in [5, 5.41) is 12.0. The summed E-state index contributed by atoms with van der Waals surface area (Å²) in [5.74, 6) is 0.931. The van der Waals surface area contributed by atoms with Gasteiger partial charge < -0.3 is 10.2 Å². The third kappa shape index (κ3) is 5.00. The van der Waals surface area contributed by atoms with Crippen LogP contribution in [0.1, 0.15) is 38.3 Å². The molecule has 1 fully saturated rings. The summed E-state index contributed by atoms with van der Waals surface area (Å²) in [6, 6.07) is 11.5. The molecule has 0 bridgehead atoms. The third-order valence-electron chi connectivity index (χ3n) is 5.50. The van der Waals surface area contributed by atoms with Crippen molar-refractivity contribution in [2.75, 3.05) is 25.0 Å². The Labute approximate surface area is 171 Å². The third-order valence-corrected chi connectivity index (χ3v) is 5.75. The van der Waals surface area contributed by atoms with Gasteiger partial charge in [-0.3, -0.25) is 9.69 Å². The second kappa shape index (κ2) is 9.34. The summed E-state index contributed by atoms with van der Waals surface area (Å²) < 4.78 is 0. The summed E-state index contributed by atoms with van der Waals surface area (Å²) in [6.45, 7) is 5.72. The van der Waals surface area contributed by atoms with Gasteiger partial charge in [0, 0.05) is 30.4 Å². The number of carbonyl (C=O) groups is 1. The Morgan fingerprint density at radius 1 is 1.32 bits per heavy atom. The summed E-state index contributed by atoms with van der Waals surface area (Å²) in [5.41, 5.74) is 1.04. The first kappa shape index (κ1) is 20.6. The summed E-state index contributed by atoms with van der Waals surface area (Å²) in [6.07, 6.45) is 3.91. The van der Waals surface area contributed by atoms with Crippen molar-refractivity contribution in [2.24, 2.45) is 0 Å². The van der Waals surface area contributed by atoms with Crippen LogP contribution in [0.2, 0.25) is 5.02 Å². The van der Waals surface area contributed by atoms with E-state index in [9.17, 15) is 4.79 Å². The molecule has 1 amide bonds. The van der Waals surface area contributed by atoms with Gasteiger partial charge in [-0.1, -0.05) is 23.7 Å². The number of nitrogens with one attached hydrogen (secondary N) is 1. The maximum atomic E-state index is 12.7. The number of hydrogen-bond donors (Lipinski definition) is 1. The molecule has 1 saturated heterocycles. The zero-order valence-electron chi connectivity index (χ0n) is 16.7. The molecule has 1 aliphatic heterocycles. The van der Waals surface area contributed by atoms with E-state index in [0.717, 1.165) is 37.3 Å². The highest BCUT2D eigenvalue weighted by molar-refractivity contribution is 6.30. The van der Waals surface area contributed by atoms with Crippen LogP contribution in [0.3, 0.4) is 0 Å². The molecule has 7 heteroatoms. The highest BCUT2D eigenvalue weighted by Gasteiger charge is 2.29. The first-order valence-electron chi connectivity index (χ1n) is 9.76. The van der Waals surface area contributed by atoms with E-state index in [-0.39, 0.29) is 18.0 Å². The Bertz CT molecular complexity index is 770. The van der Waals surface area contributed by atoms with Gasteiger partial charge >= 0.3 is 0 Å². The second-order valence-corrected chi connectivity index (χ2v) is 7.91. The lowest BCUT2D eigenvalue weighted by Gasteiger charge is -2.32. The topological polar surface area (TPSA) is 61.4 Å². The van der Waals surface area contributed by atoms with Crippen molar-refractivity contribution in [1.82, 2.24) is 20.4 Å². The van der Waals surface area contributed by atoms with Gasteiger partial charge in [-0.25, -0.2) is 0 Å². The molecular weight excluding hydrogens is 374 g/mol. The quantitative estimate of drug-likeness (QED) is 0.771. The molecule has 0 radical (unpaired) electrons. The number of hydrogen-bond acceptors (Lipinski definition) is 5. The van der Waals surface area contributed by atoms with Crippen LogP contribution in [0.15, 0.2) is 42.6 Å². The van der Waals surface area contributed by atoms with E-state index < -0.39 is 0 Å². The first-order valence-corrected chi connectivity index (χ1v) is 10.1. The molecule has 3 atom stereocenters. The van der Waals surface area contributed by atoms with Crippen LogP contribution >= 0.6 is 11.6 Å². The molecule has 150 valence electrons. The van der Waals surface area contributed by atoms with E-state index in [1.807, 2.05) is 57.3 Å². The molecule has 1 aliphatic rings. The van der Waals surface area contributed by atoms with E-state index >= 15 is 0 Å². The Morgan fingerprint density at radius 2 is 2.07 bits per heavy atom. The van der Waals surface area contributed by atoms with Crippen molar-refractivity contribution in [1.29, 1.82) is 0 Å². The lowest BCUT2D eigenvalue weighted by Crippen LogP contribution is -2.48. The SMILES string of the molecule is CC(NC(=O)C(C)N(C)CC1CCCN1c1cccnn1)c1ccc(Cl)cc1. The zero-order chi connectivity index (χ0) is 20.1. The predicted octanol–water partition coefficient (Wildman–Crippen LogP) is 3.30. The molecule has 2 aromatic rings. The molecule has 28 heavy (non-hydrogen) atoms. The number of benzene rings is 1. The minimum atomic E-state index is -0.223. The number of carbonyl (C=O) groups excluding carboxylic acids is 1. The largest absolute Gasteiger partial charge is 0.351 e. The smallest absolute Gasteiger partial charge is 0.237 e. The normalized spacial score (nSPS) is 18.9. The molecule has 0 aliphatic carbocycles. The van der Waals surface area contributed by atoms with Gasteiger partial charge in [0.25, 0.3) is 0 Å². The molecule has 0 saturated carbocycles. The molecule has 3 rings (SSSR count). The molecule has 1 aromatic carbocycles. The predicted molar refractivity (Wildman–Crippen MR) is 113 cm³/mol. The Kier molecular flexibility index (Phi) is 6.86. The molecule has 0 spiro atoms. The maximum absolute atomic E-state index is 12.7. The van der Waals surface area contributed by atoms with Crippen molar-refractivity contribution < 1.29 is 4.79 Å². The van der Waals surface area contributed by atoms with Crippen LogP contribution in [0, 0.1) is 0 Å². The standard InChI is InChI=1S/C21H28ClN5O/c1-15(17-8-10-18(22)11-9-17)24-21(28)16(2)26(3)14-19-6-5-13-27(19)20-7-4-12-23-25-20/h4,7-12,15-16,19H,5-6,13-14H2,1-3H3,(H,24,28). The lowest BCUT2D eigenvalue weighted by molar-refractivity contribution is -0.126. The number of aromatic nitrogens is 2. The van der Waals surface area contributed by atoms with Crippen LogP contribution < -0.4 is 10.2 Å². The Balaban J connectivity index is 1.56. The number of likely N-dealkylation sites (N-methyl/N-ethyl adjacent to an activating group) is 1. The van der Waals surface area contributed by atoms with Crippen molar-refractivity contribution in [3.8, 4) is 0 Å². The van der Waals surface area contributed by atoms with Crippen LogP contribution in [-0.4, -0.2) is 53.2 Å². The van der Waals surface area contributed by atoms with Gasteiger partial charge in [-0.05, 0) is 63.6 Å². The summed E-state index contributed by atoms with van der Waals surface area (Å²) >= 11 is 5.94. The fourth-order valence-electron chi connectivity index (χ4n) is 3.63. The molecule has 1 N–H and O–H groups in total. The van der Waals surface area contributed by atoms with E-state index in [1.54, 1.807) is 6.20 Å². The lowest BCUT2D eigenvalue weighted by atomic mass is 10.1. The number of rotatable bonds is 7. The van der Waals surface area contributed by atoms with Crippen LogP contribution in [0.4, 0.5) is 5.82 Å². The highest BCUT2D eigenvalue weighted by atomic mass is 35.5. The number of nitrogens with zero attached hydrogens (tertiary/aromatic N) is 4. The van der Waals surface area contributed by atoms with Crippen molar-refractivity contribution in [3.05, 3.63) is 53.2 Å². The first-order chi connectivity index (χ1) is 13.5. The zero-order valence-corrected chi connectivity index (χ0v) is 17.4. The molecular formula is C21H28ClN5O. The number of anilines is 1. The van der Waals surface area contributed by atoms with Crippen molar-refractivity contribution in [2.45, 2.75) is 44.8 Å². The molecule has 3 unspecified atom stereocenters. The number of amides is 1. The van der Waals surface area contributed by atoms with Gasteiger partial charge in [-0.15, -0.1) is 5.10 Å². The Hall–Kier alpha value is -2.18. The van der Waals surface area contributed by atoms with Gasteiger partial charge in [0.05, 0.1) is 12.1 Å². The van der Waals surface area contributed by atoms with E-state index in [4.69, 9.17) is 11.6 Å². The van der Waals surface area contributed by atoms with Crippen molar-refractivity contribution in [3.63, 3.8) is 0 Å². The number of halogens is 1. The minimum absolute atomic E-state index is 0.0222. The van der Waals surface area contributed by atoms with Gasteiger partial charge in [-0.2, -0.15) is 5.10 Å². The summed E-state index contributed by atoms with van der Waals surface area (Å²) in [7, 11) is 2.00. The van der Waals surface area contributed by atoms with E-state index in [0.29, 0.717) is 11.1 Å². The van der Waals surface area contributed by atoms with Crippen LogP contribution in [-0.2, 0) is 4.79 Å². The van der Waals surface area contributed by atoms with Crippen molar-refractivity contribution >= 4 is 23.3 Å². The van der Waals surface area contributed by atoms with Crippen LogP contribution in [0.25, 0.3) is 0 Å². The van der Waals surface area contributed by atoms with Gasteiger partial charge in [0.15, 0.2) is 5.82 Å². The fourth-order valence-corrected chi connectivity index (χ4v) is 3.76. The van der Waals surface area contributed by atoms with Gasteiger partial charge in [0.2, 0.25) is 5.91 Å². The average Bonchev–Trinajstić information content (AvgIpc) is 3.16. The molecule has 2 heterocycles.